The Balaban J connectivity index is 1.80. The first kappa shape index (κ1) is 29.8. The van der Waals surface area contributed by atoms with Gasteiger partial charge in [0.05, 0.1) is 25.3 Å². The van der Waals surface area contributed by atoms with Gasteiger partial charge in [-0.25, -0.2) is 4.85 Å². The largest absolute Gasteiger partial charge is 0.496 e. The van der Waals surface area contributed by atoms with Crippen molar-refractivity contribution in [2.75, 3.05) is 25.1 Å². The summed E-state index contributed by atoms with van der Waals surface area (Å²) in [5.41, 5.74) is 3.19. The third kappa shape index (κ3) is 7.43. The van der Waals surface area contributed by atoms with E-state index in [1.165, 1.54) is 31.4 Å². The molecule has 204 valence electrons. The lowest BCUT2D eigenvalue weighted by Crippen LogP contribution is -2.25. The highest BCUT2D eigenvalue weighted by molar-refractivity contribution is 7.13. The lowest BCUT2D eigenvalue weighted by atomic mass is 9.97. The number of ether oxygens (including phenoxy) is 2. The van der Waals surface area contributed by atoms with Crippen LogP contribution in [0.1, 0.15) is 75.6 Å². The summed E-state index contributed by atoms with van der Waals surface area (Å²) in [6.45, 7) is 19.8. The van der Waals surface area contributed by atoms with Crippen molar-refractivity contribution in [1.82, 2.24) is 0 Å². The molecule has 1 aliphatic heterocycles. The van der Waals surface area contributed by atoms with Crippen LogP contribution in [-0.2, 0) is 4.74 Å². The van der Waals surface area contributed by atoms with Gasteiger partial charge in [0.2, 0.25) is 5.70 Å². The van der Waals surface area contributed by atoms with E-state index < -0.39 is 5.60 Å². The molecule has 0 spiro atoms. The zero-order chi connectivity index (χ0) is 28.4. The molecular formula is C33H39N3O2S. The fraction of sp³-hybridized carbons (Fsp3) is 0.394. The number of unbranched alkanes of at least 4 members (excludes halogenated alkanes) is 2. The average Bonchev–Trinajstić information content (AvgIpc) is 3.50. The Morgan fingerprint density at radius 1 is 1.08 bits per heavy atom. The van der Waals surface area contributed by atoms with Crippen molar-refractivity contribution in [3.63, 3.8) is 0 Å². The Bertz CT molecular complexity index is 1350. The first-order chi connectivity index (χ1) is 18.8. The molecule has 0 N–H and O–H groups in total. The highest BCUT2D eigenvalue weighted by Gasteiger charge is 2.37. The van der Waals surface area contributed by atoms with Gasteiger partial charge in [0, 0.05) is 45.7 Å². The summed E-state index contributed by atoms with van der Waals surface area (Å²) < 4.78 is 11.7. The van der Waals surface area contributed by atoms with Crippen LogP contribution in [0.2, 0.25) is 0 Å². The molecular weight excluding hydrogens is 502 g/mol. The molecule has 0 atom stereocenters. The van der Waals surface area contributed by atoms with Crippen molar-refractivity contribution in [3.05, 3.63) is 85.7 Å². The molecule has 1 aromatic heterocycles. The molecule has 0 amide bonds. The molecule has 2 aromatic rings. The lowest BCUT2D eigenvalue weighted by molar-refractivity contribution is 0.0948. The van der Waals surface area contributed by atoms with E-state index in [0.717, 1.165) is 39.7 Å². The predicted molar refractivity (Wildman–Crippen MR) is 164 cm³/mol. The minimum absolute atomic E-state index is 0.380. The lowest BCUT2D eigenvalue weighted by Gasteiger charge is -2.25. The summed E-state index contributed by atoms with van der Waals surface area (Å²) in [6, 6.07) is 12.7. The molecule has 1 aliphatic rings. The number of hydrogen-bond acceptors (Lipinski definition) is 5. The van der Waals surface area contributed by atoms with Gasteiger partial charge in [0.15, 0.2) is 0 Å². The Morgan fingerprint density at radius 3 is 2.28 bits per heavy atom. The minimum atomic E-state index is -0.671. The van der Waals surface area contributed by atoms with Crippen LogP contribution in [0, 0.1) is 17.9 Å². The van der Waals surface area contributed by atoms with Crippen molar-refractivity contribution >= 4 is 35.3 Å². The summed E-state index contributed by atoms with van der Waals surface area (Å²) in [5.74, 6) is 1.25. The number of hydrogen-bond donors (Lipinski definition) is 0. The molecule has 6 heteroatoms. The normalized spacial score (nSPS) is 15.9. The molecule has 3 rings (SSSR count). The molecule has 0 saturated carbocycles. The first-order valence-corrected chi connectivity index (χ1v) is 14.4. The number of thiophene rings is 1. The Labute approximate surface area is 238 Å². The van der Waals surface area contributed by atoms with Gasteiger partial charge in [0.25, 0.3) is 0 Å². The zero-order valence-electron chi connectivity index (χ0n) is 24.0. The second-order valence-corrected chi connectivity index (χ2v) is 11.2. The van der Waals surface area contributed by atoms with E-state index in [2.05, 4.69) is 72.1 Å². The maximum Gasteiger partial charge on any atom is 0.236 e. The number of nitrogens with zero attached hydrogens (tertiary/aromatic N) is 3. The van der Waals surface area contributed by atoms with Crippen LogP contribution in [-0.4, -0.2) is 25.8 Å². The van der Waals surface area contributed by atoms with Crippen LogP contribution in [0.25, 0.3) is 23.1 Å². The average molecular weight is 542 g/mol. The van der Waals surface area contributed by atoms with Gasteiger partial charge in [0.1, 0.15) is 17.1 Å². The number of benzene rings is 1. The quantitative estimate of drug-likeness (QED) is 0.199. The summed E-state index contributed by atoms with van der Waals surface area (Å²) in [6.07, 6.45) is 12.9. The van der Waals surface area contributed by atoms with Crippen molar-refractivity contribution in [2.45, 2.75) is 65.9 Å². The highest BCUT2D eigenvalue weighted by atomic mass is 32.1. The van der Waals surface area contributed by atoms with Gasteiger partial charge in [-0.2, -0.15) is 5.26 Å². The smallest absolute Gasteiger partial charge is 0.236 e. The second-order valence-electron chi connectivity index (χ2n) is 10.1. The number of nitriles is 1. The minimum Gasteiger partial charge on any atom is -0.496 e. The van der Waals surface area contributed by atoms with E-state index in [1.54, 1.807) is 25.4 Å². The fourth-order valence-electron chi connectivity index (χ4n) is 4.45. The van der Waals surface area contributed by atoms with Gasteiger partial charge in [-0.05, 0) is 76.1 Å². The maximum atomic E-state index is 9.30. The monoisotopic (exact) mass is 541 g/mol. The van der Waals surface area contributed by atoms with Gasteiger partial charge in [-0.3, -0.25) is 0 Å². The van der Waals surface area contributed by atoms with Gasteiger partial charge < -0.3 is 14.4 Å². The summed E-state index contributed by atoms with van der Waals surface area (Å²) in [4.78, 5) is 8.34. The van der Waals surface area contributed by atoms with Crippen molar-refractivity contribution in [1.29, 1.82) is 5.26 Å². The Kier molecular flexibility index (Phi) is 10.6. The topological polar surface area (TPSA) is 49.9 Å². The van der Waals surface area contributed by atoms with Crippen LogP contribution in [0.4, 0.5) is 5.69 Å². The highest BCUT2D eigenvalue weighted by Crippen LogP contribution is 2.41. The van der Waals surface area contributed by atoms with Crippen molar-refractivity contribution in [2.24, 2.45) is 0 Å². The molecule has 0 fully saturated rings. The van der Waals surface area contributed by atoms with E-state index in [9.17, 15) is 5.26 Å². The molecule has 0 radical (unpaired) electrons. The standard InChI is InChI=1S/C33H39N3O2S/c1-8-10-20-36(21-11-9-2)26-14-12-25(30(22-26)37-7)13-15-27-16-17-28(39-27)18-19-29-31(35-6)32(24(3)23-34)38-33(29,4)5/h12-19,22H,8-11,20-21H2,1-5,7H3/b15-13+,19-18+,32-24+. The third-order valence-electron chi connectivity index (χ3n) is 6.73. The third-order valence-corrected chi connectivity index (χ3v) is 7.75. The molecule has 2 heterocycles. The number of allylic oxidation sites excluding steroid dienone is 1. The van der Waals surface area contributed by atoms with Gasteiger partial charge in [-0.15, -0.1) is 11.3 Å². The van der Waals surface area contributed by atoms with E-state index >= 15 is 0 Å². The van der Waals surface area contributed by atoms with Crippen LogP contribution in [0.3, 0.4) is 0 Å². The number of rotatable bonds is 12. The predicted octanol–water partition coefficient (Wildman–Crippen LogP) is 9.13. The fourth-order valence-corrected chi connectivity index (χ4v) is 5.27. The maximum absolute atomic E-state index is 9.30. The number of methoxy groups -OCH3 is 1. The van der Waals surface area contributed by atoms with E-state index in [-0.39, 0.29) is 0 Å². The van der Waals surface area contributed by atoms with E-state index in [4.69, 9.17) is 16.0 Å². The molecule has 1 aromatic carbocycles. The van der Waals surface area contributed by atoms with Gasteiger partial charge >= 0.3 is 0 Å². The van der Waals surface area contributed by atoms with Crippen molar-refractivity contribution < 1.29 is 9.47 Å². The zero-order valence-corrected chi connectivity index (χ0v) is 24.8. The first-order valence-electron chi connectivity index (χ1n) is 13.6. The van der Waals surface area contributed by atoms with E-state index in [0.29, 0.717) is 17.0 Å². The van der Waals surface area contributed by atoms with Crippen LogP contribution >= 0.6 is 11.3 Å². The molecule has 0 bridgehead atoms. The summed E-state index contributed by atoms with van der Waals surface area (Å²) >= 11 is 1.67. The van der Waals surface area contributed by atoms with Crippen LogP contribution in [0.15, 0.2) is 59.0 Å². The Morgan fingerprint density at radius 2 is 1.72 bits per heavy atom. The van der Waals surface area contributed by atoms with Crippen LogP contribution in [0.5, 0.6) is 5.75 Å². The second kappa shape index (κ2) is 13.9. The Hall–Kier alpha value is -3.74. The number of anilines is 1. The SMILES string of the molecule is [C-]#[N+]C1=C(/C=C/c2ccc(/C=C/c3ccc(N(CCCC)CCCC)cc3OC)s2)C(C)(C)O/C1=C(\C)C#N. The van der Waals surface area contributed by atoms with Crippen molar-refractivity contribution in [3.8, 4) is 11.8 Å². The molecule has 39 heavy (non-hydrogen) atoms. The molecule has 0 aliphatic carbocycles. The van der Waals surface area contributed by atoms with Crippen LogP contribution < -0.4 is 9.64 Å². The summed E-state index contributed by atoms with van der Waals surface area (Å²) in [7, 11) is 1.73. The van der Waals surface area contributed by atoms with E-state index in [1.807, 2.05) is 26.0 Å². The molecule has 0 saturated heterocycles. The summed E-state index contributed by atoms with van der Waals surface area (Å²) in [5, 5.41) is 9.30. The molecule has 5 nitrogen and oxygen atoms in total. The molecule has 0 unspecified atom stereocenters. The van der Waals surface area contributed by atoms with Gasteiger partial charge in [-0.1, -0.05) is 32.8 Å².